The summed E-state index contributed by atoms with van der Waals surface area (Å²) in [5.74, 6) is 1.69. The minimum atomic E-state index is 0.747. The molecule has 17 heavy (non-hydrogen) atoms. The van der Waals surface area contributed by atoms with Crippen LogP contribution in [0.25, 0.3) is 0 Å². The Kier molecular flexibility index (Phi) is 4.29. The molecular formula is C15H23NO. The number of hydrogen-bond acceptors (Lipinski definition) is 2. The van der Waals surface area contributed by atoms with Gasteiger partial charge in [0.1, 0.15) is 5.76 Å². The molecule has 0 radical (unpaired) electrons. The third-order valence-electron chi connectivity index (χ3n) is 3.56. The zero-order chi connectivity index (χ0) is 12.1. The Morgan fingerprint density at radius 3 is 2.76 bits per heavy atom. The summed E-state index contributed by atoms with van der Waals surface area (Å²) < 4.78 is 5.89. The number of hydrogen-bond donors (Lipinski definition) is 1. The van der Waals surface area contributed by atoms with Crippen molar-refractivity contribution < 1.29 is 4.74 Å². The lowest BCUT2D eigenvalue weighted by Crippen LogP contribution is -2.13. The molecule has 2 nitrogen and oxygen atoms in total. The first-order chi connectivity index (χ1) is 8.24. The van der Waals surface area contributed by atoms with Crippen molar-refractivity contribution in [2.45, 2.75) is 45.4 Å². The van der Waals surface area contributed by atoms with Crippen molar-refractivity contribution in [1.82, 2.24) is 0 Å². The molecule has 2 heteroatoms. The quantitative estimate of drug-likeness (QED) is 0.807. The summed E-state index contributed by atoms with van der Waals surface area (Å²) in [6.45, 7) is 2.95. The highest BCUT2D eigenvalue weighted by Gasteiger charge is 2.14. The van der Waals surface area contributed by atoms with Gasteiger partial charge in [-0.25, -0.2) is 0 Å². The van der Waals surface area contributed by atoms with E-state index in [0.717, 1.165) is 30.4 Å². The molecule has 2 N–H and O–H groups in total. The van der Waals surface area contributed by atoms with Crippen LogP contribution in [-0.4, -0.2) is 6.61 Å². The van der Waals surface area contributed by atoms with Gasteiger partial charge in [0.25, 0.3) is 0 Å². The largest absolute Gasteiger partial charge is 0.494 e. The average Bonchev–Trinajstić information content (AvgIpc) is 2.49. The van der Waals surface area contributed by atoms with E-state index in [0.29, 0.717) is 0 Å². The van der Waals surface area contributed by atoms with Gasteiger partial charge in [-0.2, -0.15) is 0 Å². The molecule has 0 aromatic heterocycles. The maximum atomic E-state index is 5.89. The number of ether oxygens (including phenoxy) is 1. The monoisotopic (exact) mass is 233 g/mol. The molecule has 0 aliphatic heterocycles. The molecule has 2 rings (SSSR count). The number of nitrogens with two attached hydrogens (primary N) is 1. The lowest BCUT2D eigenvalue weighted by Gasteiger charge is -2.21. The fourth-order valence-corrected chi connectivity index (χ4v) is 2.54. The van der Waals surface area contributed by atoms with Crippen LogP contribution in [0.5, 0.6) is 0 Å². The summed E-state index contributed by atoms with van der Waals surface area (Å²) in [7, 11) is 0. The topological polar surface area (TPSA) is 35.2 Å². The Morgan fingerprint density at radius 2 is 2.00 bits per heavy atom. The Labute approximate surface area is 104 Å². The molecule has 94 valence electrons. The molecule has 1 saturated carbocycles. The molecule has 2 aliphatic rings. The summed E-state index contributed by atoms with van der Waals surface area (Å²) >= 11 is 0. The van der Waals surface area contributed by atoms with E-state index in [4.69, 9.17) is 10.5 Å². The second-order valence-electron chi connectivity index (χ2n) is 5.26. The van der Waals surface area contributed by atoms with Crippen molar-refractivity contribution in [2.75, 3.05) is 6.61 Å². The zero-order valence-electron chi connectivity index (χ0n) is 10.7. The minimum Gasteiger partial charge on any atom is -0.494 e. The van der Waals surface area contributed by atoms with Gasteiger partial charge in [0.2, 0.25) is 0 Å². The highest BCUT2D eigenvalue weighted by molar-refractivity contribution is 5.31. The minimum absolute atomic E-state index is 0.747. The molecule has 0 aromatic carbocycles. The predicted octanol–water partition coefficient (Wildman–Crippen LogP) is 3.66. The maximum Gasteiger partial charge on any atom is 0.117 e. The predicted molar refractivity (Wildman–Crippen MR) is 71.3 cm³/mol. The van der Waals surface area contributed by atoms with Crippen molar-refractivity contribution in [3.63, 3.8) is 0 Å². The molecule has 0 unspecified atom stereocenters. The van der Waals surface area contributed by atoms with Crippen LogP contribution in [0.3, 0.4) is 0 Å². The summed E-state index contributed by atoms with van der Waals surface area (Å²) in [6.07, 6.45) is 13.8. The van der Waals surface area contributed by atoms with Crippen LogP contribution in [0.1, 0.15) is 45.4 Å². The van der Waals surface area contributed by atoms with Crippen molar-refractivity contribution in [1.29, 1.82) is 0 Å². The van der Waals surface area contributed by atoms with Gasteiger partial charge in [-0.15, -0.1) is 0 Å². The first-order valence-electron chi connectivity index (χ1n) is 6.71. The van der Waals surface area contributed by atoms with E-state index in [9.17, 15) is 0 Å². The van der Waals surface area contributed by atoms with Crippen LogP contribution in [0.2, 0.25) is 0 Å². The Morgan fingerprint density at radius 1 is 1.24 bits per heavy atom. The fourth-order valence-electron chi connectivity index (χ4n) is 2.54. The molecule has 0 heterocycles. The van der Waals surface area contributed by atoms with Gasteiger partial charge in [-0.05, 0) is 44.3 Å². The van der Waals surface area contributed by atoms with E-state index in [1.807, 2.05) is 12.2 Å². The Bertz CT molecular complexity index is 346. The standard InChI is InChI=1S/C15H23NO/c1-12-7-8-15(10-14(16)9-12)17-11-13-5-3-2-4-6-13/h8-10,13H,2-7,11,16H2,1H3. The third kappa shape index (κ3) is 3.95. The SMILES string of the molecule is CC1=CC(N)=CC(OCC2CCCCC2)=CC1. The van der Waals surface area contributed by atoms with Gasteiger partial charge in [0, 0.05) is 11.8 Å². The van der Waals surface area contributed by atoms with Gasteiger partial charge in [0.05, 0.1) is 6.61 Å². The summed E-state index contributed by atoms with van der Waals surface area (Å²) in [5.41, 5.74) is 7.98. The summed E-state index contributed by atoms with van der Waals surface area (Å²) in [6, 6.07) is 0. The molecule has 0 bridgehead atoms. The third-order valence-corrected chi connectivity index (χ3v) is 3.56. The van der Waals surface area contributed by atoms with E-state index in [1.54, 1.807) is 0 Å². The number of rotatable bonds is 3. The normalized spacial score (nSPS) is 22.3. The Hall–Kier alpha value is -1.18. The smallest absolute Gasteiger partial charge is 0.117 e. The van der Waals surface area contributed by atoms with Gasteiger partial charge in [0.15, 0.2) is 0 Å². The highest BCUT2D eigenvalue weighted by Crippen LogP contribution is 2.25. The molecule has 0 aromatic rings. The molecule has 2 aliphatic carbocycles. The molecule has 0 atom stereocenters. The van der Waals surface area contributed by atoms with Crippen molar-refractivity contribution >= 4 is 0 Å². The second kappa shape index (κ2) is 5.95. The lowest BCUT2D eigenvalue weighted by atomic mass is 9.90. The zero-order valence-corrected chi connectivity index (χ0v) is 10.7. The fraction of sp³-hybridized carbons (Fsp3) is 0.600. The van der Waals surface area contributed by atoms with E-state index < -0.39 is 0 Å². The van der Waals surface area contributed by atoms with Crippen molar-refractivity contribution in [3.05, 3.63) is 35.3 Å². The van der Waals surface area contributed by atoms with E-state index in [1.165, 1.54) is 37.7 Å². The second-order valence-corrected chi connectivity index (χ2v) is 5.26. The average molecular weight is 233 g/mol. The van der Waals surface area contributed by atoms with Crippen LogP contribution in [0.15, 0.2) is 35.3 Å². The van der Waals surface area contributed by atoms with E-state index >= 15 is 0 Å². The van der Waals surface area contributed by atoms with Crippen LogP contribution in [0, 0.1) is 5.92 Å². The van der Waals surface area contributed by atoms with E-state index in [2.05, 4.69) is 13.0 Å². The maximum absolute atomic E-state index is 5.89. The van der Waals surface area contributed by atoms with Crippen LogP contribution in [0.4, 0.5) is 0 Å². The van der Waals surface area contributed by atoms with E-state index in [-0.39, 0.29) is 0 Å². The first kappa shape index (κ1) is 12.3. The lowest BCUT2D eigenvalue weighted by molar-refractivity contribution is 0.149. The van der Waals surface area contributed by atoms with Gasteiger partial charge >= 0.3 is 0 Å². The summed E-state index contributed by atoms with van der Waals surface area (Å²) in [4.78, 5) is 0. The Balaban J connectivity index is 1.84. The van der Waals surface area contributed by atoms with Crippen molar-refractivity contribution in [2.24, 2.45) is 11.7 Å². The number of allylic oxidation sites excluding steroid dienone is 4. The molecule has 1 fully saturated rings. The van der Waals surface area contributed by atoms with Crippen LogP contribution >= 0.6 is 0 Å². The summed E-state index contributed by atoms with van der Waals surface area (Å²) in [5, 5.41) is 0. The van der Waals surface area contributed by atoms with Crippen molar-refractivity contribution in [3.8, 4) is 0 Å². The molecular weight excluding hydrogens is 210 g/mol. The first-order valence-corrected chi connectivity index (χ1v) is 6.71. The highest BCUT2D eigenvalue weighted by atomic mass is 16.5. The molecule has 0 amide bonds. The van der Waals surface area contributed by atoms with Crippen LogP contribution < -0.4 is 5.73 Å². The molecule has 0 saturated heterocycles. The van der Waals surface area contributed by atoms with Gasteiger partial charge in [-0.3, -0.25) is 0 Å². The van der Waals surface area contributed by atoms with Crippen LogP contribution in [-0.2, 0) is 4.74 Å². The van der Waals surface area contributed by atoms with Gasteiger partial charge in [-0.1, -0.05) is 24.8 Å². The molecule has 0 spiro atoms. The van der Waals surface area contributed by atoms with Gasteiger partial charge < -0.3 is 10.5 Å².